The lowest BCUT2D eigenvalue weighted by atomic mass is 9.98. The lowest BCUT2D eigenvalue weighted by molar-refractivity contribution is 0.181. The first-order chi connectivity index (χ1) is 7.27. The van der Waals surface area contributed by atoms with Crippen LogP contribution >= 0.6 is 0 Å². The van der Waals surface area contributed by atoms with Gasteiger partial charge in [-0.25, -0.2) is 0 Å². The number of rotatable bonds is 9. The maximum atomic E-state index is 10.5. The van der Waals surface area contributed by atoms with Crippen molar-refractivity contribution in [3.05, 3.63) is 0 Å². The molecule has 0 saturated heterocycles. The molecule has 0 radical (unpaired) electrons. The average Bonchev–Trinajstić information content (AvgIpc) is 2.11. The molecule has 0 amide bonds. The fourth-order valence-corrected chi connectivity index (χ4v) is 1.94. The molecule has 0 aliphatic carbocycles. The van der Waals surface area contributed by atoms with Gasteiger partial charge in [-0.1, -0.05) is 0 Å². The van der Waals surface area contributed by atoms with Crippen molar-refractivity contribution in [2.75, 3.05) is 26.0 Å². The Bertz CT molecular complexity index is 275. The van der Waals surface area contributed by atoms with E-state index in [1.54, 1.807) is 7.11 Å². The van der Waals surface area contributed by atoms with E-state index in [0.717, 1.165) is 19.4 Å². The van der Waals surface area contributed by atoms with E-state index in [9.17, 15) is 8.42 Å². The second-order valence-electron chi connectivity index (χ2n) is 4.55. The van der Waals surface area contributed by atoms with E-state index < -0.39 is 10.1 Å². The van der Waals surface area contributed by atoms with Crippen molar-refractivity contribution in [2.45, 2.75) is 38.6 Å². The Kier molecular flexibility index (Phi) is 7.14. The van der Waals surface area contributed by atoms with E-state index in [1.165, 1.54) is 0 Å². The molecule has 0 heterocycles. The maximum Gasteiger partial charge on any atom is 0.264 e. The van der Waals surface area contributed by atoms with Gasteiger partial charge in [-0.2, -0.15) is 8.42 Å². The van der Waals surface area contributed by atoms with Crippen LogP contribution in [-0.4, -0.2) is 44.5 Å². The quantitative estimate of drug-likeness (QED) is 0.474. The van der Waals surface area contributed by atoms with E-state index in [2.05, 4.69) is 19.2 Å². The average molecular weight is 253 g/mol. The standard InChI is InChI=1S/C10H23NO4S/c1-10(2,6-4-8-15-3)11-7-5-9-16(12,13)14/h11H,4-9H2,1-3H3,(H,12,13,14). The third-order valence-electron chi connectivity index (χ3n) is 2.33. The van der Waals surface area contributed by atoms with Gasteiger partial charge < -0.3 is 10.1 Å². The summed E-state index contributed by atoms with van der Waals surface area (Å²) in [4.78, 5) is 0. The van der Waals surface area contributed by atoms with Gasteiger partial charge in [0.25, 0.3) is 10.1 Å². The Morgan fingerprint density at radius 2 is 1.94 bits per heavy atom. The largest absolute Gasteiger partial charge is 0.385 e. The highest BCUT2D eigenvalue weighted by atomic mass is 32.2. The van der Waals surface area contributed by atoms with Gasteiger partial charge in [0.05, 0.1) is 5.75 Å². The summed E-state index contributed by atoms with van der Waals surface area (Å²) in [5.74, 6) is -0.186. The molecule has 2 N–H and O–H groups in total. The number of methoxy groups -OCH3 is 1. The van der Waals surface area contributed by atoms with E-state index in [1.807, 2.05) is 0 Å². The summed E-state index contributed by atoms with van der Waals surface area (Å²) in [5.41, 5.74) is -0.0300. The van der Waals surface area contributed by atoms with Crippen molar-refractivity contribution in [1.82, 2.24) is 5.32 Å². The van der Waals surface area contributed by atoms with Gasteiger partial charge in [0.15, 0.2) is 0 Å². The molecule has 6 heteroatoms. The topological polar surface area (TPSA) is 75.6 Å². The molecule has 0 saturated carbocycles. The minimum absolute atomic E-state index is 0.0300. The molecule has 98 valence electrons. The van der Waals surface area contributed by atoms with Crippen LogP contribution in [0.4, 0.5) is 0 Å². The Hall–Kier alpha value is -0.170. The highest BCUT2D eigenvalue weighted by molar-refractivity contribution is 7.85. The monoisotopic (exact) mass is 253 g/mol. The van der Waals surface area contributed by atoms with Gasteiger partial charge >= 0.3 is 0 Å². The first kappa shape index (κ1) is 15.8. The van der Waals surface area contributed by atoms with Crippen LogP contribution in [0.2, 0.25) is 0 Å². The molecule has 0 atom stereocenters. The van der Waals surface area contributed by atoms with Crippen LogP contribution in [0.5, 0.6) is 0 Å². The molecule has 0 aliphatic rings. The van der Waals surface area contributed by atoms with Gasteiger partial charge in [-0.15, -0.1) is 0 Å². The molecule has 5 nitrogen and oxygen atoms in total. The van der Waals surface area contributed by atoms with Crippen molar-refractivity contribution in [3.63, 3.8) is 0 Å². The fraction of sp³-hybridized carbons (Fsp3) is 1.00. The minimum Gasteiger partial charge on any atom is -0.385 e. The molecule has 0 fully saturated rings. The normalized spacial score (nSPS) is 13.0. The molecule has 0 bridgehead atoms. The second kappa shape index (κ2) is 7.21. The van der Waals surface area contributed by atoms with E-state index in [0.29, 0.717) is 13.0 Å². The zero-order chi connectivity index (χ0) is 12.7. The Morgan fingerprint density at radius 1 is 1.31 bits per heavy atom. The summed E-state index contributed by atoms with van der Waals surface area (Å²) in [6, 6.07) is 0. The number of hydrogen-bond acceptors (Lipinski definition) is 4. The van der Waals surface area contributed by atoms with Crippen LogP contribution in [-0.2, 0) is 14.9 Å². The second-order valence-corrected chi connectivity index (χ2v) is 6.12. The van der Waals surface area contributed by atoms with Gasteiger partial charge in [0.2, 0.25) is 0 Å². The Morgan fingerprint density at radius 3 is 2.44 bits per heavy atom. The zero-order valence-corrected chi connectivity index (χ0v) is 11.1. The summed E-state index contributed by atoms with van der Waals surface area (Å²) >= 11 is 0. The van der Waals surface area contributed by atoms with Crippen LogP contribution in [0.3, 0.4) is 0 Å². The molecular formula is C10H23NO4S. The number of ether oxygens (including phenoxy) is 1. The van der Waals surface area contributed by atoms with Gasteiger partial charge in [-0.05, 0) is 39.7 Å². The van der Waals surface area contributed by atoms with Crippen molar-refractivity contribution in [2.24, 2.45) is 0 Å². The fourth-order valence-electron chi connectivity index (χ4n) is 1.43. The van der Waals surface area contributed by atoms with Crippen molar-refractivity contribution >= 4 is 10.1 Å². The molecule has 0 aromatic heterocycles. The van der Waals surface area contributed by atoms with Gasteiger partial charge in [-0.3, -0.25) is 4.55 Å². The minimum atomic E-state index is -3.82. The Labute approximate surface area is 98.3 Å². The van der Waals surface area contributed by atoms with Gasteiger partial charge in [0, 0.05) is 19.3 Å². The van der Waals surface area contributed by atoms with Crippen LogP contribution in [0.15, 0.2) is 0 Å². The molecule has 0 aliphatic heterocycles. The van der Waals surface area contributed by atoms with Crippen molar-refractivity contribution < 1.29 is 17.7 Å². The predicted molar refractivity (Wildman–Crippen MR) is 64.2 cm³/mol. The van der Waals surface area contributed by atoms with Crippen molar-refractivity contribution in [3.8, 4) is 0 Å². The summed E-state index contributed by atoms with van der Waals surface area (Å²) in [6.45, 7) is 5.45. The van der Waals surface area contributed by atoms with Crippen LogP contribution in [0.25, 0.3) is 0 Å². The Balaban J connectivity index is 3.65. The van der Waals surface area contributed by atoms with Crippen LogP contribution < -0.4 is 5.32 Å². The molecule has 0 aromatic rings. The number of hydrogen-bond donors (Lipinski definition) is 2. The summed E-state index contributed by atoms with van der Waals surface area (Å²) < 4.78 is 34.5. The van der Waals surface area contributed by atoms with Crippen LogP contribution in [0.1, 0.15) is 33.1 Å². The first-order valence-electron chi connectivity index (χ1n) is 5.46. The lowest BCUT2D eigenvalue weighted by Gasteiger charge is -2.26. The molecule has 0 aromatic carbocycles. The maximum absolute atomic E-state index is 10.5. The van der Waals surface area contributed by atoms with E-state index in [4.69, 9.17) is 9.29 Å². The lowest BCUT2D eigenvalue weighted by Crippen LogP contribution is -2.40. The summed E-state index contributed by atoms with van der Waals surface area (Å²) in [5, 5.41) is 3.26. The smallest absolute Gasteiger partial charge is 0.264 e. The van der Waals surface area contributed by atoms with Gasteiger partial charge in [0.1, 0.15) is 0 Å². The van der Waals surface area contributed by atoms with Crippen LogP contribution in [0, 0.1) is 0 Å². The third kappa shape index (κ3) is 10.4. The first-order valence-corrected chi connectivity index (χ1v) is 7.07. The summed E-state index contributed by atoms with van der Waals surface area (Å²) in [7, 11) is -2.15. The predicted octanol–water partition coefficient (Wildman–Crippen LogP) is 1.06. The summed E-state index contributed by atoms with van der Waals surface area (Å²) in [6.07, 6.45) is 2.36. The van der Waals surface area contributed by atoms with E-state index >= 15 is 0 Å². The van der Waals surface area contributed by atoms with E-state index in [-0.39, 0.29) is 11.3 Å². The molecular weight excluding hydrogens is 230 g/mol. The van der Waals surface area contributed by atoms with Crippen molar-refractivity contribution in [1.29, 1.82) is 0 Å². The molecule has 0 spiro atoms. The molecule has 0 rings (SSSR count). The molecule has 16 heavy (non-hydrogen) atoms. The molecule has 0 unspecified atom stereocenters. The zero-order valence-electron chi connectivity index (χ0n) is 10.3. The number of nitrogens with one attached hydrogen (secondary N) is 1. The highest BCUT2D eigenvalue weighted by Gasteiger charge is 2.16. The third-order valence-corrected chi connectivity index (χ3v) is 3.14. The highest BCUT2D eigenvalue weighted by Crippen LogP contribution is 2.10. The SMILES string of the molecule is COCCCC(C)(C)NCCCS(=O)(=O)O.